The Balaban J connectivity index is 1.52. The van der Waals surface area contributed by atoms with E-state index in [1.807, 2.05) is 4.90 Å². The molecule has 25 heavy (non-hydrogen) atoms. The third-order valence-corrected chi connectivity index (χ3v) is 5.16. The number of piperidine rings is 1. The number of primary amides is 1. The van der Waals surface area contributed by atoms with Gasteiger partial charge in [-0.25, -0.2) is 4.39 Å². The second-order valence-electron chi connectivity index (χ2n) is 6.74. The van der Waals surface area contributed by atoms with Crippen LogP contribution < -0.4 is 5.73 Å². The van der Waals surface area contributed by atoms with E-state index in [0.717, 1.165) is 37.8 Å². The van der Waals surface area contributed by atoms with Crippen molar-refractivity contribution in [3.05, 3.63) is 41.7 Å². The smallest absolute Gasteiger partial charge is 0.246 e. The average Bonchev–Trinajstić information content (AvgIpc) is 3.11. The van der Waals surface area contributed by atoms with Gasteiger partial charge >= 0.3 is 0 Å². The Morgan fingerprint density at radius 3 is 2.40 bits per heavy atom. The summed E-state index contributed by atoms with van der Waals surface area (Å²) in [6, 6.07) is 6.21. The Bertz CT molecular complexity index is 651. The monoisotopic (exact) mass is 345 g/mol. The van der Waals surface area contributed by atoms with Crippen LogP contribution in [0.2, 0.25) is 0 Å². The van der Waals surface area contributed by atoms with Crippen molar-refractivity contribution in [1.82, 2.24) is 9.80 Å². The molecule has 2 amide bonds. The number of halogens is 1. The van der Waals surface area contributed by atoms with Gasteiger partial charge in [0.15, 0.2) is 0 Å². The summed E-state index contributed by atoms with van der Waals surface area (Å²) in [5.41, 5.74) is 6.29. The Hall–Kier alpha value is -2.21. The zero-order valence-electron chi connectivity index (χ0n) is 14.2. The number of carbonyl (C=O) groups is 2. The largest absolute Gasteiger partial charge is 0.368 e. The molecule has 1 atom stereocenters. The molecule has 1 aromatic rings. The molecule has 0 aromatic heterocycles. The zero-order valence-corrected chi connectivity index (χ0v) is 14.2. The average molecular weight is 345 g/mol. The minimum atomic E-state index is -0.290. The first-order valence-electron chi connectivity index (χ1n) is 8.82. The van der Waals surface area contributed by atoms with Crippen molar-refractivity contribution in [1.29, 1.82) is 0 Å². The van der Waals surface area contributed by atoms with E-state index in [9.17, 15) is 14.0 Å². The van der Waals surface area contributed by atoms with Crippen LogP contribution in [0.1, 0.15) is 31.2 Å². The second kappa shape index (κ2) is 7.78. The van der Waals surface area contributed by atoms with E-state index < -0.39 is 0 Å². The molecule has 134 valence electrons. The van der Waals surface area contributed by atoms with Gasteiger partial charge in [-0.3, -0.25) is 14.5 Å². The summed E-state index contributed by atoms with van der Waals surface area (Å²) >= 11 is 0. The highest BCUT2D eigenvalue weighted by atomic mass is 19.1. The molecule has 2 aliphatic heterocycles. The van der Waals surface area contributed by atoms with Gasteiger partial charge in [0.25, 0.3) is 0 Å². The Labute approximate surface area is 147 Å². The fraction of sp³-hybridized carbons (Fsp3) is 0.474. The van der Waals surface area contributed by atoms with Crippen LogP contribution in [0.4, 0.5) is 4.39 Å². The molecule has 5 nitrogen and oxygen atoms in total. The third-order valence-electron chi connectivity index (χ3n) is 5.16. The molecule has 0 radical (unpaired) electrons. The number of hydrogen-bond donors (Lipinski definition) is 1. The van der Waals surface area contributed by atoms with Crippen molar-refractivity contribution in [2.24, 2.45) is 5.73 Å². The Morgan fingerprint density at radius 2 is 1.76 bits per heavy atom. The molecule has 6 heteroatoms. The molecule has 2 saturated heterocycles. The highest BCUT2D eigenvalue weighted by molar-refractivity contribution is 5.91. The van der Waals surface area contributed by atoms with Crippen LogP contribution in [0.5, 0.6) is 0 Å². The molecule has 2 aliphatic rings. The summed E-state index contributed by atoms with van der Waals surface area (Å²) in [6.45, 7) is 2.27. The van der Waals surface area contributed by atoms with Crippen LogP contribution in [0.15, 0.2) is 30.3 Å². The van der Waals surface area contributed by atoms with Crippen LogP contribution in [0.3, 0.4) is 0 Å². The van der Waals surface area contributed by atoms with Gasteiger partial charge in [-0.15, -0.1) is 0 Å². The molecule has 2 N–H and O–H groups in total. The van der Waals surface area contributed by atoms with Crippen molar-refractivity contribution in [3.8, 4) is 0 Å². The van der Waals surface area contributed by atoms with Gasteiger partial charge in [0.2, 0.25) is 11.8 Å². The van der Waals surface area contributed by atoms with Gasteiger partial charge in [-0.2, -0.15) is 0 Å². The van der Waals surface area contributed by atoms with Gasteiger partial charge in [-0.05, 0) is 56.0 Å². The first-order chi connectivity index (χ1) is 12.0. The van der Waals surface area contributed by atoms with Crippen molar-refractivity contribution in [2.75, 3.05) is 19.6 Å². The van der Waals surface area contributed by atoms with Gasteiger partial charge in [-0.1, -0.05) is 12.1 Å². The van der Waals surface area contributed by atoms with Gasteiger partial charge < -0.3 is 10.6 Å². The number of nitrogens with zero attached hydrogens (tertiary/aromatic N) is 2. The number of nitrogens with two attached hydrogens (primary N) is 1. The van der Waals surface area contributed by atoms with Crippen LogP contribution in [0, 0.1) is 5.82 Å². The van der Waals surface area contributed by atoms with Crippen LogP contribution in [-0.4, -0.2) is 53.3 Å². The summed E-state index contributed by atoms with van der Waals surface area (Å²) < 4.78 is 12.9. The minimum absolute atomic E-state index is 0.0318. The zero-order chi connectivity index (χ0) is 17.8. The van der Waals surface area contributed by atoms with Crippen LogP contribution in [0.25, 0.3) is 6.08 Å². The Morgan fingerprint density at radius 1 is 1.08 bits per heavy atom. The van der Waals surface area contributed by atoms with E-state index >= 15 is 0 Å². The molecule has 2 fully saturated rings. The topological polar surface area (TPSA) is 66.6 Å². The van der Waals surface area contributed by atoms with Gasteiger partial charge in [0, 0.05) is 25.2 Å². The third kappa shape index (κ3) is 4.25. The van der Waals surface area contributed by atoms with Crippen molar-refractivity contribution >= 4 is 17.9 Å². The van der Waals surface area contributed by atoms with E-state index in [2.05, 4.69) is 4.90 Å². The lowest BCUT2D eigenvalue weighted by molar-refractivity contribution is -0.129. The lowest BCUT2D eigenvalue weighted by Gasteiger charge is -2.38. The summed E-state index contributed by atoms with van der Waals surface area (Å²) in [7, 11) is 0. The fourth-order valence-electron chi connectivity index (χ4n) is 3.80. The quantitative estimate of drug-likeness (QED) is 0.846. The molecule has 0 spiro atoms. The van der Waals surface area contributed by atoms with Crippen molar-refractivity contribution in [2.45, 2.75) is 37.8 Å². The number of carbonyl (C=O) groups excluding carboxylic acids is 2. The van der Waals surface area contributed by atoms with E-state index in [-0.39, 0.29) is 23.7 Å². The van der Waals surface area contributed by atoms with E-state index in [1.54, 1.807) is 18.2 Å². The molecule has 3 rings (SSSR count). The van der Waals surface area contributed by atoms with Crippen LogP contribution in [-0.2, 0) is 9.59 Å². The molecular weight excluding hydrogens is 321 g/mol. The second-order valence-corrected chi connectivity index (χ2v) is 6.74. The lowest BCUT2D eigenvalue weighted by Crippen LogP contribution is -2.51. The summed E-state index contributed by atoms with van der Waals surface area (Å²) in [5.74, 6) is -0.560. The fourth-order valence-corrected chi connectivity index (χ4v) is 3.80. The van der Waals surface area contributed by atoms with Crippen LogP contribution >= 0.6 is 0 Å². The minimum Gasteiger partial charge on any atom is -0.368 e. The van der Waals surface area contributed by atoms with E-state index in [0.29, 0.717) is 19.1 Å². The van der Waals surface area contributed by atoms with Gasteiger partial charge in [0.1, 0.15) is 5.82 Å². The Kier molecular flexibility index (Phi) is 5.48. The molecule has 0 aliphatic carbocycles. The molecule has 0 bridgehead atoms. The highest BCUT2D eigenvalue weighted by Crippen LogP contribution is 2.26. The maximum atomic E-state index is 12.9. The molecule has 0 saturated carbocycles. The van der Waals surface area contributed by atoms with Gasteiger partial charge in [0.05, 0.1) is 6.04 Å². The maximum absolute atomic E-state index is 12.9. The summed E-state index contributed by atoms with van der Waals surface area (Å²) in [5, 5.41) is 0. The molecule has 0 unspecified atom stereocenters. The number of amides is 2. The van der Waals surface area contributed by atoms with E-state index in [4.69, 9.17) is 5.73 Å². The first kappa shape index (κ1) is 17.6. The number of likely N-dealkylation sites (tertiary alicyclic amines) is 2. The molecular formula is C19H24FN3O2. The predicted molar refractivity (Wildman–Crippen MR) is 94.0 cm³/mol. The highest BCUT2D eigenvalue weighted by Gasteiger charge is 2.35. The number of hydrogen-bond acceptors (Lipinski definition) is 3. The van der Waals surface area contributed by atoms with E-state index in [1.165, 1.54) is 18.2 Å². The van der Waals surface area contributed by atoms with Crippen molar-refractivity contribution < 1.29 is 14.0 Å². The van der Waals surface area contributed by atoms with Crippen molar-refractivity contribution in [3.63, 3.8) is 0 Å². The number of benzene rings is 1. The predicted octanol–water partition coefficient (Wildman–Crippen LogP) is 1.78. The molecule has 2 heterocycles. The molecule has 1 aromatic carbocycles. The normalized spacial score (nSPS) is 22.6. The summed E-state index contributed by atoms with van der Waals surface area (Å²) in [4.78, 5) is 27.9. The summed E-state index contributed by atoms with van der Waals surface area (Å²) in [6.07, 6.45) is 6.81. The number of rotatable bonds is 4. The maximum Gasteiger partial charge on any atom is 0.246 e. The lowest BCUT2D eigenvalue weighted by atomic mass is 10.0. The standard InChI is InChI=1S/C19H24FN3O2/c20-15-6-3-14(4-7-15)5-8-18(24)22-12-9-16(10-13-22)23-11-1-2-17(23)19(21)25/h3-8,16-17H,1-2,9-13H2,(H2,21,25)/b8-5+/t17-/m1/s1. The first-order valence-corrected chi connectivity index (χ1v) is 8.82. The SMILES string of the molecule is NC(=O)[C@H]1CCCN1C1CCN(C(=O)/C=C/c2ccc(F)cc2)CC1.